The van der Waals surface area contributed by atoms with Crippen molar-refractivity contribution >= 4 is 28.6 Å². The number of aromatic nitrogens is 1. The van der Waals surface area contributed by atoms with Gasteiger partial charge < -0.3 is 0 Å². The van der Waals surface area contributed by atoms with Crippen LogP contribution in [-0.2, 0) is 0 Å². The zero-order valence-electron chi connectivity index (χ0n) is 15.9. The number of halogens is 3. The molecule has 1 aliphatic heterocycles. The Balaban J connectivity index is 1.97. The van der Waals surface area contributed by atoms with Crippen molar-refractivity contribution in [3.05, 3.63) is 87.5 Å². The molecule has 4 nitrogen and oxygen atoms in total. The summed E-state index contributed by atoms with van der Waals surface area (Å²) in [5, 5.41) is 18.8. The first-order valence-electron chi connectivity index (χ1n) is 9.43. The summed E-state index contributed by atoms with van der Waals surface area (Å²) >= 11 is 0. The molecule has 148 valence electrons. The van der Waals surface area contributed by atoms with Gasteiger partial charge in [0.05, 0.1) is 23.5 Å². The maximum Gasteiger partial charge on any atom is 0.167 e. The lowest BCUT2D eigenvalue weighted by atomic mass is 9.88. The van der Waals surface area contributed by atoms with Gasteiger partial charge in [-0.2, -0.15) is 10.5 Å². The fraction of sp³-hybridized carbons (Fsp3) is 0.0833. The summed E-state index contributed by atoms with van der Waals surface area (Å²) in [6.07, 6.45) is 6.81. The Morgan fingerprint density at radius 1 is 0.968 bits per heavy atom. The molecule has 7 heteroatoms. The van der Waals surface area contributed by atoms with Gasteiger partial charge in [-0.15, -0.1) is 0 Å². The minimum atomic E-state index is -1.36. The molecule has 5 rings (SSSR count). The Morgan fingerprint density at radius 2 is 1.71 bits per heavy atom. The molecular weight excluding hydrogens is 401 g/mol. The average molecular weight is 412 g/mol. The number of hydrogen-bond acceptors (Lipinski definition) is 4. The van der Waals surface area contributed by atoms with Crippen molar-refractivity contribution in [3.8, 4) is 12.1 Å². The van der Waals surface area contributed by atoms with E-state index in [4.69, 9.17) is 0 Å². The topological polar surface area (TPSA) is 72.8 Å². The van der Waals surface area contributed by atoms with Crippen molar-refractivity contribution in [2.75, 3.05) is 0 Å². The van der Waals surface area contributed by atoms with Gasteiger partial charge in [0.15, 0.2) is 11.6 Å². The van der Waals surface area contributed by atoms with Crippen molar-refractivity contribution in [1.29, 1.82) is 10.5 Å². The van der Waals surface area contributed by atoms with E-state index in [-0.39, 0.29) is 22.3 Å². The molecule has 2 heterocycles. The number of pyridine rings is 1. The summed E-state index contributed by atoms with van der Waals surface area (Å²) in [5.41, 5.74) is 3.21. The number of nitriles is 2. The first-order valence-corrected chi connectivity index (χ1v) is 9.43. The number of allylic oxidation sites excluding steroid dienone is 7. The predicted octanol–water partition coefficient (Wildman–Crippen LogP) is 5.37. The summed E-state index contributed by atoms with van der Waals surface area (Å²) in [4.78, 5) is 8.90. The van der Waals surface area contributed by atoms with Crippen molar-refractivity contribution < 1.29 is 13.2 Å². The van der Waals surface area contributed by atoms with Crippen LogP contribution < -0.4 is 0 Å². The normalized spacial score (nSPS) is 21.2. The van der Waals surface area contributed by atoms with Gasteiger partial charge in [-0.25, -0.2) is 13.2 Å². The molecule has 0 N–H and O–H groups in total. The van der Waals surface area contributed by atoms with E-state index in [1.54, 1.807) is 18.5 Å². The first-order chi connectivity index (χ1) is 15.1. The summed E-state index contributed by atoms with van der Waals surface area (Å²) in [6, 6.07) is 7.71. The lowest BCUT2D eigenvalue weighted by molar-refractivity contribution is 0.492. The molecule has 0 saturated carbocycles. The maximum atomic E-state index is 14.9. The van der Waals surface area contributed by atoms with Gasteiger partial charge in [-0.05, 0) is 30.1 Å². The Labute approximate surface area is 175 Å². The van der Waals surface area contributed by atoms with Crippen LogP contribution in [0.5, 0.6) is 0 Å². The fourth-order valence-corrected chi connectivity index (χ4v) is 4.45. The standard InChI is InChI=1S/C24H11F3N4/c25-16-11-17(26)22(27)21-13(6-8-29)18(12(5-7-28)20(16)21)19-14-3-1-9-30-23(14)24-15(19)4-2-10-31-24/h1,3,5-6,9-11H,2,4H2/b12-5-,13-6-,19-18+. The van der Waals surface area contributed by atoms with Crippen LogP contribution in [0.4, 0.5) is 13.2 Å². The van der Waals surface area contributed by atoms with E-state index in [2.05, 4.69) is 9.98 Å². The van der Waals surface area contributed by atoms with Crippen molar-refractivity contribution in [1.82, 2.24) is 4.98 Å². The van der Waals surface area contributed by atoms with Crippen molar-refractivity contribution in [2.45, 2.75) is 12.8 Å². The van der Waals surface area contributed by atoms with Crippen LogP contribution in [0.2, 0.25) is 0 Å². The lowest BCUT2D eigenvalue weighted by Crippen LogP contribution is -1.97. The summed E-state index contributed by atoms with van der Waals surface area (Å²) in [6.45, 7) is 0. The highest BCUT2D eigenvalue weighted by molar-refractivity contribution is 6.19. The third kappa shape index (κ3) is 2.54. The second-order valence-corrected chi connectivity index (χ2v) is 7.11. The van der Waals surface area contributed by atoms with Gasteiger partial charge in [0.1, 0.15) is 5.82 Å². The zero-order chi connectivity index (χ0) is 21.7. The van der Waals surface area contributed by atoms with Crippen LogP contribution in [0.1, 0.15) is 35.2 Å². The molecule has 1 aromatic heterocycles. The third-order valence-electron chi connectivity index (χ3n) is 5.55. The molecule has 31 heavy (non-hydrogen) atoms. The van der Waals surface area contributed by atoms with Crippen LogP contribution in [0.25, 0.3) is 22.4 Å². The van der Waals surface area contributed by atoms with Crippen molar-refractivity contribution in [2.24, 2.45) is 4.99 Å². The summed E-state index contributed by atoms with van der Waals surface area (Å²) < 4.78 is 43.9. The highest BCUT2D eigenvalue weighted by atomic mass is 19.2. The third-order valence-corrected chi connectivity index (χ3v) is 5.55. The molecule has 0 spiro atoms. The number of aliphatic imine (C=N–C) groups is 1. The van der Waals surface area contributed by atoms with E-state index in [9.17, 15) is 23.7 Å². The number of hydrogen-bond donors (Lipinski definition) is 0. The maximum absolute atomic E-state index is 14.9. The molecule has 3 aliphatic rings. The molecule has 0 fully saturated rings. The van der Waals surface area contributed by atoms with Crippen LogP contribution in [-0.4, -0.2) is 11.2 Å². The van der Waals surface area contributed by atoms with Crippen LogP contribution >= 0.6 is 0 Å². The summed E-state index contributed by atoms with van der Waals surface area (Å²) in [5.74, 6) is -3.63. The van der Waals surface area contributed by atoms with E-state index in [1.165, 1.54) is 0 Å². The molecular formula is C24H11F3N4. The van der Waals surface area contributed by atoms with Gasteiger partial charge in [0, 0.05) is 64.0 Å². The van der Waals surface area contributed by atoms with E-state index in [1.807, 2.05) is 18.2 Å². The average Bonchev–Trinajstić information content (AvgIpc) is 3.26. The predicted molar refractivity (Wildman–Crippen MR) is 109 cm³/mol. The zero-order valence-corrected chi connectivity index (χ0v) is 15.9. The van der Waals surface area contributed by atoms with Crippen LogP contribution in [0.3, 0.4) is 0 Å². The monoisotopic (exact) mass is 412 g/mol. The van der Waals surface area contributed by atoms with Gasteiger partial charge in [-0.3, -0.25) is 9.98 Å². The molecule has 0 bridgehead atoms. The smallest absolute Gasteiger partial charge is 0.167 e. The number of rotatable bonds is 0. The Hall–Kier alpha value is -4.23. The Morgan fingerprint density at radius 3 is 2.45 bits per heavy atom. The number of benzene rings is 1. The lowest BCUT2D eigenvalue weighted by Gasteiger charge is -2.14. The highest BCUT2D eigenvalue weighted by Gasteiger charge is 2.40. The Bertz CT molecular complexity index is 1430. The summed E-state index contributed by atoms with van der Waals surface area (Å²) in [7, 11) is 0. The fourth-order valence-electron chi connectivity index (χ4n) is 4.45. The Kier molecular flexibility index (Phi) is 4.20. The van der Waals surface area contributed by atoms with Gasteiger partial charge in [0.2, 0.25) is 0 Å². The van der Waals surface area contributed by atoms with Crippen LogP contribution in [0, 0.1) is 40.1 Å². The van der Waals surface area contributed by atoms with Gasteiger partial charge in [-0.1, -0.05) is 6.07 Å². The molecule has 2 aliphatic carbocycles. The second kappa shape index (κ2) is 6.93. The SMILES string of the molecule is N#C/C=C1C(=C2\C3=C(N=CCC3)c3ncccc32)/C(=C/C#N)c2c(F)c(F)cc(F)c2/1. The molecule has 0 unspecified atom stereocenters. The largest absolute Gasteiger partial charge is 0.259 e. The molecule has 2 aromatic rings. The van der Waals surface area contributed by atoms with E-state index >= 15 is 0 Å². The van der Waals surface area contributed by atoms with Gasteiger partial charge in [0.25, 0.3) is 0 Å². The first kappa shape index (κ1) is 18.8. The molecule has 0 radical (unpaired) electrons. The second-order valence-electron chi connectivity index (χ2n) is 7.11. The van der Waals surface area contributed by atoms with E-state index < -0.39 is 17.5 Å². The van der Waals surface area contributed by atoms with Crippen LogP contribution in [0.15, 0.2) is 52.7 Å². The molecule has 0 saturated heterocycles. The molecule has 0 amide bonds. The minimum absolute atomic E-state index is 0.0306. The van der Waals surface area contributed by atoms with Gasteiger partial charge >= 0.3 is 0 Å². The number of nitrogens with zero attached hydrogens (tertiary/aromatic N) is 4. The van der Waals surface area contributed by atoms with E-state index in [0.29, 0.717) is 47.0 Å². The minimum Gasteiger partial charge on any atom is -0.259 e. The highest BCUT2D eigenvalue weighted by Crippen LogP contribution is 2.55. The van der Waals surface area contributed by atoms with Crippen molar-refractivity contribution in [3.63, 3.8) is 0 Å². The molecule has 0 atom stereocenters. The van der Waals surface area contributed by atoms with E-state index in [0.717, 1.165) is 17.7 Å². The quantitative estimate of drug-likeness (QED) is 0.431. The molecule has 1 aromatic carbocycles. The number of fused-ring (bicyclic) bond motifs is 3.